The number of benzene rings is 1. The summed E-state index contributed by atoms with van der Waals surface area (Å²) in [5.41, 5.74) is 3.43. The fourth-order valence-corrected chi connectivity index (χ4v) is 5.98. The summed E-state index contributed by atoms with van der Waals surface area (Å²) in [6, 6.07) is 5.67. The van der Waals surface area contributed by atoms with Crippen LogP contribution in [0.4, 0.5) is 11.4 Å². The van der Waals surface area contributed by atoms with Crippen LogP contribution in [-0.2, 0) is 28.2 Å². The number of anilines is 2. The average Bonchev–Trinajstić information content (AvgIpc) is 3.52. The maximum Gasteiger partial charge on any atom is 0.264 e. The maximum absolute atomic E-state index is 14.1. The minimum Gasteiger partial charge on any atom is -0.396 e. The van der Waals surface area contributed by atoms with Crippen molar-refractivity contribution in [3.05, 3.63) is 71.1 Å². The maximum atomic E-state index is 14.1. The zero-order valence-corrected chi connectivity index (χ0v) is 26.8. The van der Waals surface area contributed by atoms with Crippen molar-refractivity contribution in [1.29, 1.82) is 0 Å². The standard InChI is InChI=1S/C35H49N5O4/c1-26(2)12-11-13-27(3)18-22-40-32-17-16-30(39-21-9-6-5-7-15-33(39)42)24-31(32)35(44,34(40)43)28(4)14-8-10-20-38-25-29(19-23-41)36-37-38/h8,12,14,16-18,24-25,28,41,44H,5-7,9-11,13,15,19-23H2,1-4H3/b14-8+,27-18+/t28-,35+/m1/s1. The van der Waals surface area contributed by atoms with Crippen LogP contribution in [0, 0.1) is 5.92 Å². The Kier molecular flexibility index (Phi) is 11.7. The number of fused-ring (bicyclic) bond motifs is 1. The van der Waals surface area contributed by atoms with Crippen LogP contribution in [0.2, 0.25) is 0 Å². The second-order valence-corrected chi connectivity index (χ2v) is 12.4. The minimum absolute atomic E-state index is 0.0279. The predicted octanol–water partition coefficient (Wildman–Crippen LogP) is 5.62. The van der Waals surface area contributed by atoms with Gasteiger partial charge in [-0.1, -0.05) is 60.4 Å². The van der Waals surface area contributed by atoms with E-state index >= 15 is 0 Å². The lowest BCUT2D eigenvalue weighted by Gasteiger charge is -2.29. The molecule has 3 heterocycles. The van der Waals surface area contributed by atoms with Crippen molar-refractivity contribution in [2.24, 2.45) is 5.92 Å². The van der Waals surface area contributed by atoms with Gasteiger partial charge in [0.2, 0.25) is 5.91 Å². The number of hydrogen-bond donors (Lipinski definition) is 2. The highest BCUT2D eigenvalue weighted by atomic mass is 16.3. The molecule has 1 aromatic carbocycles. The van der Waals surface area contributed by atoms with Crippen molar-refractivity contribution in [1.82, 2.24) is 15.0 Å². The number of hydrogen-bond acceptors (Lipinski definition) is 6. The van der Waals surface area contributed by atoms with E-state index in [1.807, 2.05) is 48.4 Å². The Hall–Kier alpha value is -3.56. The summed E-state index contributed by atoms with van der Waals surface area (Å²) >= 11 is 0. The Labute approximate surface area is 261 Å². The molecule has 4 rings (SSSR count). The van der Waals surface area contributed by atoms with Crippen LogP contribution in [-0.4, -0.2) is 56.7 Å². The van der Waals surface area contributed by atoms with Gasteiger partial charge in [-0.2, -0.15) is 0 Å². The SMILES string of the molecule is CC(C)=CCC/C(C)=C/CN1C(=O)[C@](O)([C@H](C)/C=C/CCn2cc(CCO)nn2)c2cc(N3CCCCCCC3=O)ccc21. The van der Waals surface area contributed by atoms with Crippen molar-refractivity contribution in [3.63, 3.8) is 0 Å². The van der Waals surface area contributed by atoms with Crippen LogP contribution in [0.5, 0.6) is 0 Å². The Morgan fingerprint density at radius 3 is 2.66 bits per heavy atom. The van der Waals surface area contributed by atoms with E-state index in [0.717, 1.165) is 49.9 Å². The molecule has 44 heavy (non-hydrogen) atoms. The molecule has 2 aromatic rings. The number of rotatable bonds is 13. The molecule has 2 aliphatic heterocycles. The van der Waals surface area contributed by atoms with E-state index in [9.17, 15) is 14.7 Å². The summed E-state index contributed by atoms with van der Waals surface area (Å²) in [7, 11) is 0. The number of aliphatic hydroxyl groups is 2. The lowest BCUT2D eigenvalue weighted by Crippen LogP contribution is -2.44. The highest BCUT2D eigenvalue weighted by Gasteiger charge is 2.52. The number of allylic oxidation sites excluding steroid dienone is 4. The normalized spacial score (nSPS) is 20.2. The summed E-state index contributed by atoms with van der Waals surface area (Å²) in [5.74, 6) is -0.771. The van der Waals surface area contributed by atoms with Crippen molar-refractivity contribution in [2.45, 2.75) is 97.6 Å². The fourth-order valence-electron chi connectivity index (χ4n) is 5.98. The van der Waals surface area contributed by atoms with Gasteiger partial charge in [-0.05, 0) is 71.1 Å². The van der Waals surface area contributed by atoms with Crippen LogP contribution in [0.3, 0.4) is 0 Å². The number of aryl methyl sites for hydroxylation is 1. The summed E-state index contributed by atoms with van der Waals surface area (Å²) in [4.78, 5) is 30.7. The van der Waals surface area contributed by atoms with Gasteiger partial charge in [0.15, 0.2) is 5.60 Å². The van der Waals surface area contributed by atoms with Crippen LogP contribution >= 0.6 is 0 Å². The molecule has 1 aromatic heterocycles. The van der Waals surface area contributed by atoms with Crippen LogP contribution in [0.15, 0.2) is 59.8 Å². The van der Waals surface area contributed by atoms with Crippen molar-refractivity contribution >= 4 is 23.2 Å². The van der Waals surface area contributed by atoms with Crippen LogP contribution in [0.1, 0.15) is 90.3 Å². The van der Waals surface area contributed by atoms with E-state index in [4.69, 9.17) is 5.11 Å². The fraction of sp³-hybridized carbons (Fsp3) is 0.543. The monoisotopic (exact) mass is 603 g/mol. The molecule has 9 heteroatoms. The molecule has 0 radical (unpaired) electrons. The summed E-state index contributed by atoms with van der Waals surface area (Å²) in [5, 5.41) is 29.5. The second-order valence-electron chi connectivity index (χ2n) is 12.4. The molecule has 9 nitrogen and oxygen atoms in total. The molecule has 0 bridgehead atoms. The molecule has 0 aliphatic carbocycles. The van der Waals surface area contributed by atoms with Crippen LogP contribution < -0.4 is 9.80 Å². The third-order valence-electron chi connectivity index (χ3n) is 8.66. The number of nitrogens with zero attached hydrogens (tertiary/aromatic N) is 5. The van der Waals surface area contributed by atoms with Crippen molar-refractivity contribution in [2.75, 3.05) is 29.5 Å². The summed E-state index contributed by atoms with van der Waals surface area (Å²) in [6.07, 6.45) is 17.4. The molecule has 2 aliphatic rings. The van der Waals surface area contributed by atoms with Crippen molar-refractivity contribution in [3.8, 4) is 0 Å². The van der Waals surface area contributed by atoms with Gasteiger partial charge >= 0.3 is 0 Å². The first-order chi connectivity index (χ1) is 21.1. The third-order valence-corrected chi connectivity index (χ3v) is 8.66. The quantitative estimate of drug-likeness (QED) is 0.288. The first kappa shape index (κ1) is 33.3. The van der Waals surface area contributed by atoms with Gasteiger partial charge in [-0.3, -0.25) is 14.3 Å². The number of aliphatic hydroxyl groups excluding tert-OH is 1. The largest absolute Gasteiger partial charge is 0.396 e. The highest BCUT2D eigenvalue weighted by molar-refractivity contribution is 6.08. The van der Waals surface area contributed by atoms with E-state index in [1.54, 1.807) is 9.58 Å². The molecular formula is C35H49N5O4. The molecule has 1 saturated heterocycles. The molecule has 1 fully saturated rings. The molecule has 0 saturated carbocycles. The molecule has 2 amide bonds. The van der Waals surface area contributed by atoms with E-state index < -0.39 is 11.5 Å². The lowest BCUT2D eigenvalue weighted by molar-refractivity contribution is -0.139. The number of carbonyl (C=O) groups is 2. The number of carbonyl (C=O) groups excluding carboxylic acids is 2. The average molecular weight is 604 g/mol. The third kappa shape index (κ3) is 7.93. The molecule has 0 spiro atoms. The minimum atomic E-state index is -1.76. The zero-order chi connectivity index (χ0) is 31.7. The number of amides is 2. The van der Waals surface area contributed by atoms with Gasteiger partial charge in [0.1, 0.15) is 0 Å². The first-order valence-corrected chi connectivity index (χ1v) is 16.1. The van der Waals surface area contributed by atoms with E-state index in [0.29, 0.717) is 50.1 Å². The van der Waals surface area contributed by atoms with E-state index in [-0.39, 0.29) is 18.4 Å². The predicted molar refractivity (Wildman–Crippen MR) is 174 cm³/mol. The van der Waals surface area contributed by atoms with Gasteiger partial charge in [-0.15, -0.1) is 5.10 Å². The smallest absolute Gasteiger partial charge is 0.264 e. The highest BCUT2D eigenvalue weighted by Crippen LogP contribution is 2.47. The van der Waals surface area contributed by atoms with Gasteiger partial charge in [0.05, 0.1) is 11.4 Å². The Morgan fingerprint density at radius 1 is 1.09 bits per heavy atom. The first-order valence-electron chi connectivity index (χ1n) is 16.1. The van der Waals surface area contributed by atoms with Gasteiger partial charge < -0.3 is 20.0 Å². The Morgan fingerprint density at radius 2 is 1.89 bits per heavy atom. The molecular weight excluding hydrogens is 554 g/mol. The molecule has 0 unspecified atom stereocenters. The van der Waals surface area contributed by atoms with Crippen molar-refractivity contribution < 1.29 is 19.8 Å². The Bertz CT molecular complexity index is 1390. The lowest BCUT2D eigenvalue weighted by atomic mass is 9.82. The topological polar surface area (TPSA) is 112 Å². The van der Waals surface area contributed by atoms with E-state index in [2.05, 4.69) is 43.2 Å². The zero-order valence-electron chi connectivity index (χ0n) is 26.8. The molecule has 2 atom stereocenters. The molecule has 238 valence electrons. The second kappa shape index (κ2) is 15.4. The van der Waals surface area contributed by atoms with Gasteiger partial charge in [-0.25, -0.2) is 0 Å². The Balaban J connectivity index is 1.59. The van der Waals surface area contributed by atoms with Crippen LogP contribution in [0.25, 0.3) is 0 Å². The summed E-state index contributed by atoms with van der Waals surface area (Å²) < 4.78 is 1.73. The van der Waals surface area contributed by atoms with E-state index in [1.165, 1.54) is 11.1 Å². The summed E-state index contributed by atoms with van der Waals surface area (Å²) in [6.45, 7) is 9.76. The van der Waals surface area contributed by atoms with Gasteiger partial charge in [0, 0.05) is 62.4 Å². The number of aromatic nitrogens is 3. The molecule has 2 N–H and O–H groups in total. The van der Waals surface area contributed by atoms with Gasteiger partial charge in [0.25, 0.3) is 5.91 Å².